The standard InChI is InChI=1S/C29H21N3O/c30-21-23-11-15-27(16-12-23)33-28-17-13-26(14-18-28)29(32-20-19-31-22-32,24-7-3-1-4-8-24)25-9-5-2-6-10-25/h1-20,22H. The number of imidazole rings is 1. The Balaban J connectivity index is 1.62. The molecule has 5 rings (SSSR count). The lowest BCUT2D eigenvalue weighted by Gasteiger charge is -2.37. The van der Waals surface area contributed by atoms with Crippen molar-refractivity contribution in [3.05, 3.63) is 150 Å². The van der Waals surface area contributed by atoms with Crippen LogP contribution < -0.4 is 4.74 Å². The summed E-state index contributed by atoms with van der Waals surface area (Å²) in [7, 11) is 0. The molecule has 0 saturated heterocycles. The van der Waals surface area contributed by atoms with Gasteiger partial charge in [-0.1, -0.05) is 72.8 Å². The molecule has 158 valence electrons. The van der Waals surface area contributed by atoms with Crippen molar-refractivity contribution in [1.82, 2.24) is 9.55 Å². The van der Waals surface area contributed by atoms with Crippen LogP contribution in [0, 0.1) is 11.3 Å². The van der Waals surface area contributed by atoms with Gasteiger partial charge in [-0.05, 0) is 53.1 Å². The van der Waals surface area contributed by atoms with Gasteiger partial charge in [0.15, 0.2) is 0 Å². The smallest absolute Gasteiger partial charge is 0.127 e. The van der Waals surface area contributed by atoms with Gasteiger partial charge in [-0.2, -0.15) is 5.26 Å². The molecule has 33 heavy (non-hydrogen) atoms. The molecule has 0 fully saturated rings. The molecule has 5 aromatic rings. The second-order valence-corrected chi connectivity index (χ2v) is 7.68. The van der Waals surface area contributed by atoms with Crippen molar-refractivity contribution < 1.29 is 4.74 Å². The molecular formula is C29H21N3O. The number of hydrogen-bond acceptors (Lipinski definition) is 3. The van der Waals surface area contributed by atoms with E-state index in [1.165, 1.54) is 0 Å². The number of ether oxygens (including phenoxy) is 1. The van der Waals surface area contributed by atoms with E-state index in [0.717, 1.165) is 22.4 Å². The molecule has 1 heterocycles. The van der Waals surface area contributed by atoms with Crippen molar-refractivity contribution >= 4 is 0 Å². The molecule has 0 spiro atoms. The van der Waals surface area contributed by atoms with Crippen LogP contribution in [-0.4, -0.2) is 9.55 Å². The van der Waals surface area contributed by atoms with Gasteiger partial charge in [-0.25, -0.2) is 4.98 Å². The van der Waals surface area contributed by atoms with Gasteiger partial charge in [0, 0.05) is 12.4 Å². The third-order valence-electron chi connectivity index (χ3n) is 5.77. The van der Waals surface area contributed by atoms with Crippen molar-refractivity contribution in [1.29, 1.82) is 5.26 Å². The second kappa shape index (κ2) is 8.86. The maximum atomic E-state index is 8.99. The second-order valence-electron chi connectivity index (χ2n) is 7.68. The summed E-state index contributed by atoms with van der Waals surface area (Å²) in [6.45, 7) is 0. The fraction of sp³-hybridized carbons (Fsp3) is 0.0345. The molecule has 0 aliphatic rings. The molecule has 0 amide bonds. The van der Waals surface area contributed by atoms with Crippen LogP contribution in [0.5, 0.6) is 11.5 Å². The Morgan fingerprint density at radius 3 is 1.67 bits per heavy atom. The molecule has 4 nitrogen and oxygen atoms in total. The summed E-state index contributed by atoms with van der Waals surface area (Å²) in [6.07, 6.45) is 5.67. The number of hydrogen-bond donors (Lipinski definition) is 0. The Kier molecular flexibility index (Phi) is 5.45. The molecule has 0 radical (unpaired) electrons. The summed E-state index contributed by atoms with van der Waals surface area (Å²) in [5.41, 5.74) is 3.37. The van der Waals surface area contributed by atoms with Gasteiger partial charge in [0.2, 0.25) is 0 Å². The summed E-state index contributed by atoms with van der Waals surface area (Å²) in [6, 6.07) is 38.3. The van der Waals surface area contributed by atoms with E-state index in [-0.39, 0.29) is 0 Å². The summed E-state index contributed by atoms with van der Waals surface area (Å²) in [5.74, 6) is 1.41. The maximum Gasteiger partial charge on any atom is 0.127 e. The van der Waals surface area contributed by atoms with Gasteiger partial charge < -0.3 is 9.30 Å². The molecule has 0 aliphatic carbocycles. The Hall–Kier alpha value is -4.62. The van der Waals surface area contributed by atoms with Gasteiger partial charge in [0.05, 0.1) is 18.0 Å². The Morgan fingerprint density at radius 2 is 1.18 bits per heavy atom. The highest BCUT2D eigenvalue weighted by Crippen LogP contribution is 2.41. The first kappa shape index (κ1) is 20.3. The fourth-order valence-electron chi connectivity index (χ4n) is 4.26. The van der Waals surface area contributed by atoms with Crippen molar-refractivity contribution in [2.24, 2.45) is 0 Å². The lowest BCUT2D eigenvalue weighted by molar-refractivity contribution is 0.479. The first-order valence-corrected chi connectivity index (χ1v) is 10.7. The summed E-state index contributed by atoms with van der Waals surface area (Å²) < 4.78 is 8.17. The van der Waals surface area contributed by atoms with Crippen LogP contribution in [0.25, 0.3) is 0 Å². The Bertz CT molecular complexity index is 1310. The predicted molar refractivity (Wildman–Crippen MR) is 128 cm³/mol. The van der Waals surface area contributed by atoms with Gasteiger partial charge >= 0.3 is 0 Å². The van der Waals surface area contributed by atoms with Crippen LogP contribution in [0.3, 0.4) is 0 Å². The summed E-state index contributed by atoms with van der Waals surface area (Å²) >= 11 is 0. The van der Waals surface area contributed by atoms with E-state index >= 15 is 0 Å². The van der Waals surface area contributed by atoms with Crippen LogP contribution in [-0.2, 0) is 5.54 Å². The number of rotatable bonds is 6. The van der Waals surface area contributed by atoms with Crippen LogP contribution in [0.1, 0.15) is 22.3 Å². The first-order chi connectivity index (χ1) is 16.3. The zero-order chi connectivity index (χ0) is 22.5. The zero-order valence-electron chi connectivity index (χ0n) is 17.9. The topological polar surface area (TPSA) is 50.8 Å². The van der Waals surface area contributed by atoms with Crippen molar-refractivity contribution in [3.8, 4) is 17.6 Å². The van der Waals surface area contributed by atoms with Gasteiger partial charge in [-0.3, -0.25) is 0 Å². The molecule has 4 heteroatoms. The zero-order valence-corrected chi connectivity index (χ0v) is 17.9. The van der Waals surface area contributed by atoms with E-state index in [9.17, 15) is 0 Å². The molecule has 4 aromatic carbocycles. The highest BCUT2D eigenvalue weighted by atomic mass is 16.5. The molecule has 1 aromatic heterocycles. The minimum Gasteiger partial charge on any atom is -0.457 e. The van der Waals surface area contributed by atoms with E-state index in [1.807, 2.05) is 43.0 Å². The minimum absolute atomic E-state index is 0.591. The highest BCUT2D eigenvalue weighted by molar-refractivity contribution is 5.52. The average molecular weight is 428 g/mol. The molecule has 0 bridgehead atoms. The quantitative estimate of drug-likeness (QED) is 0.295. The van der Waals surface area contributed by atoms with Crippen LogP contribution in [0.15, 0.2) is 128 Å². The van der Waals surface area contributed by atoms with Crippen molar-refractivity contribution in [2.75, 3.05) is 0 Å². The Labute approximate surface area is 193 Å². The number of benzene rings is 4. The third-order valence-corrected chi connectivity index (χ3v) is 5.77. The summed E-state index contributed by atoms with van der Waals surface area (Å²) in [4.78, 5) is 4.37. The number of aromatic nitrogens is 2. The van der Waals surface area contributed by atoms with E-state index in [2.05, 4.69) is 76.3 Å². The fourth-order valence-corrected chi connectivity index (χ4v) is 4.26. The summed E-state index contributed by atoms with van der Waals surface area (Å²) in [5, 5.41) is 8.99. The van der Waals surface area contributed by atoms with E-state index in [4.69, 9.17) is 10.00 Å². The van der Waals surface area contributed by atoms with Crippen molar-refractivity contribution in [3.63, 3.8) is 0 Å². The van der Waals surface area contributed by atoms with Crippen LogP contribution >= 0.6 is 0 Å². The number of nitriles is 1. The van der Waals surface area contributed by atoms with Gasteiger partial charge in [0.25, 0.3) is 0 Å². The highest BCUT2D eigenvalue weighted by Gasteiger charge is 2.38. The Morgan fingerprint density at radius 1 is 0.667 bits per heavy atom. The normalized spacial score (nSPS) is 11.0. The first-order valence-electron chi connectivity index (χ1n) is 10.7. The molecule has 0 N–H and O–H groups in total. The van der Waals surface area contributed by atoms with Gasteiger partial charge in [-0.15, -0.1) is 0 Å². The molecule has 0 saturated carbocycles. The monoisotopic (exact) mass is 427 g/mol. The third kappa shape index (κ3) is 3.77. The minimum atomic E-state index is -0.591. The van der Waals surface area contributed by atoms with E-state index in [1.54, 1.807) is 24.3 Å². The number of nitrogens with zero attached hydrogens (tertiary/aromatic N) is 3. The lowest BCUT2D eigenvalue weighted by Crippen LogP contribution is -2.36. The van der Waals surface area contributed by atoms with E-state index < -0.39 is 5.54 Å². The molecular weight excluding hydrogens is 406 g/mol. The molecule has 0 aliphatic heterocycles. The molecule has 0 unspecified atom stereocenters. The van der Waals surface area contributed by atoms with E-state index in [0.29, 0.717) is 11.3 Å². The van der Waals surface area contributed by atoms with Gasteiger partial charge in [0.1, 0.15) is 17.0 Å². The van der Waals surface area contributed by atoms with Crippen LogP contribution in [0.2, 0.25) is 0 Å². The van der Waals surface area contributed by atoms with Crippen molar-refractivity contribution in [2.45, 2.75) is 5.54 Å². The van der Waals surface area contributed by atoms with Crippen LogP contribution in [0.4, 0.5) is 0 Å². The SMILES string of the molecule is N#Cc1ccc(Oc2ccc(C(c3ccccc3)(c3ccccc3)n3ccnc3)cc2)cc1. The average Bonchev–Trinajstić information content (AvgIpc) is 3.43. The maximum absolute atomic E-state index is 8.99. The lowest BCUT2D eigenvalue weighted by atomic mass is 9.76. The predicted octanol–water partition coefficient (Wildman–Crippen LogP) is 6.39. The molecule has 0 atom stereocenters. The largest absolute Gasteiger partial charge is 0.457 e.